The minimum absolute atomic E-state index is 0.0846. The van der Waals surface area contributed by atoms with Gasteiger partial charge < -0.3 is 9.72 Å². The van der Waals surface area contributed by atoms with E-state index in [0.717, 1.165) is 10.4 Å². The Morgan fingerprint density at radius 2 is 1.86 bits per heavy atom. The summed E-state index contributed by atoms with van der Waals surface area (Å²) in [4.78, 5) is 29.7. The van der Waals surface area contributed by atoms with Crippen molar-refractivity contribution in [2.75, 3.05) is 6.61 Å². The molecule has 0 fully saturated rings. The fourth-order valence-corrected chi connectivity index (χ4v) is 4.30. The summed E-state index contributed by atoms with van der Waals surface area (Å²) in [6.45, 7) is 7.48. The molecule has 0 aliphatic carbocycles. The number of ether oxygens (including phenoxy) is 1. The van der Waals surface area contributed by atoms with Crippen LogP contribution in [-0.4, -0.2) is 29.4 Å². The van der Waals surface area contributed by atoms with E-state index in [9.17, 15) is 9.59 Å². The monoisotopic (exact) mass is 410 g/mol. The molecule has 0 amide bonds. The number of ketones is 1. The molecule has 0 aliphatic heterocycles. The average Bonchev–Trinajstić information content (AvgIpc) is 3.34. The van der Waals surface area contributed by atoms with Crippen molar-refractivity contribution >= 4 is 23.1 Å². The van der Waals surface area contributed by atoms with Crippen LogP contribution < -0.4 is 5.32 Å². The number of nitrogens with one attached hydrogen (secondary N) is 2. The zero-order chi connectivity index (χ0) is 21.0. The van der Waals surface area contributed by atoms with E-state index in [0.29, 0.717) is 29.1 Å². The Hall–Kier alpha value is -2.70. The number of esters is 1. The van der Waals surface area contributed by atoms with E-state index in [4.69, 9.17) is 4.74 Å². The van der Waals surface area contributed by atoms with Gasteiger partial charge in [0.05, 0.1) is 29.9 Å². The molecule has 6 heteroatoms. The fourth-order valence-electron chi connectivity index (χ4n) is 3.49. The van der Waals surface area contributed by atoms with E-state index in [-0.39, 0.29) is 11.8 Å². The van der Waals surface area contributed by atoms with Gasteiger partial charge in [-0.15, -0.1) is 11.3 Å². The first-order valence-corrected chi connectivity index (χ1v) is 10.6. The SMILES string of the molecule is CCOC(=O)c1c(C)[nH]c(C(=O)[C@H](C)N[C@@H](c2ccccc2)c2cccs2)c1C. The minimum Gasteiger partial charge on any atom is -0.462 e. The highest BCUT2D eigenvalue weighted by Crippen LogP contribution is 2.27. The summed E-state index contributed by atoms with van der Waals surface area (Å²) in [7, 11) is 0. The lowest BCUT2D eigenvalue weighted by molar-refractivity contribution is 0.0525. The molecule has 152 valence electrons. The molecule has 0 radical (unpaired) electrons. The highest BCUT2D eigenvalue weighted by atomic mass is 32.1. The lowest BCUT2D eigenvalue weighted by Gasteiger charge is -2.22. The quantitative estimate of drug-likeness (QED) is 0.413. The summed E-state index contributed by atoms with van der Waals surface area (Å²) in [5.41, 5.74) is 3.27. The lowest BCUT2D eigenvalue weighted by Crippen LogP contribution is -2.37. The van der Waals surface area contributed by atoms with Crippen LogP contribution in [0.3, 0.4) is 0 Å². The van der Waals surface area contributed by atoms with Gasteiger partial charge >= 0.3 is 5.97 Å². The summed E-state index contributed by atoms with van der Waals surface area (Å²) < 4.78 is 5.13. The van der Waals surface area contributed by atoms with Crippen LogP contribution in [0.5, 0.6) is 0 Å². The smallest absolute Gasteiger partial charge is 0.340 e. The second-order valence-electron chi connectivity index (χ2n) is 6.96. The van der Waals surface area contributed by atoms with Crippen molar-refractivity contribution in [1.29, 1.82) is 0 Å². The van der Waals surface area contributed by atoms with Gasteiger partial charge in [-0.3, -0.25) is 10.1 Å². The van der Waals surface area contributed by atoms with E-state index in [1.807, 2.05) is 36.6 Å². The third-order valence-electron chi connectivity index (χ3n) is 4.93. The van der Waals surface area contributed by atoms with E-state index >= 15 is 0 Å². The number of thiophene rings is 1. The minimum atomic E-state index is -0.450. The first kappa shape index (κ1) is 21.0. The first-order valence-electron chi connectivity index (χ1n) is 9.68. The molecule has 3 aromatic rings. The summed E-state index contributed by atoms with van der Waals surface area (Å²) in [6.07, 6.45) is 0. The average molecular weight is 411 g/mol. The zero-order valence-corrected chi connectivity index (χ0v) is 17.9. The highest BCUT2D eigenvalue weighted by molar-refractivity contribution is 7.10. The second kappa shape index (κ2) is 9.20. The van der Waals surface area contributed by atoms with Gasteiger partial charge in [0.1, 0.15) is 0 Å². The number of Topliss-reactive ketones (excluding diaryl/α,β-unsaturated/α-hetero) is 1. The van der Waals surface area contributed by atoms with Crippen LogP contribution in [0.1, 0.15) is 62.4 Å². The molecule has 0 unspecified atom stereocenters. The van der Waals surface area contributed by atoms with Crippen LogP contribution in [0.15, 0.2) is 47.8 Å². The topological polar surface area (TPSA) is 71.2 Å². The number of rotatable bonds is 8. The molecule has 2 atom stereocenters. The maximum absolute atomic E-state index is 13.2. The van der Waals surface area contributed by atoms with E-state index < -0.39 is 12.0 Å². The molecule has 3 rings (SSSR count). The van der Waals surface area contributed by atoms with Gasteiger partial charge in [0, 0.05) is 10.6 Å². The number of carbonyl (C=O) groups excluding carboxylic acids is 2. The van der Waals surface area contributed by atoms with Gasteiger partial charge in [-0.25, -0.2) is 4.79 Å². The lowest BCUT2D eigenvalue weighted by atomic mass is 10.0. The van der Waals surface area contributed by atoms with Crippen molar-refractivity contribution in [3.05, 3.63) is 80.8 Å². The number of hydrogen-bond donors (Lipinski definition) is 2. The molecule has 2 aromatic heterocycles. The highest BCUT2D eigenvalue weighted by Gasteiger charge is 2.27. The molecule has 2 N–H and O–H groups in total. The van der Waals surface area contributed by atoms with Crippen molar-refractivity contribution < 1.29 is 14.3 Å². The number of carbonyl (C=O) groups is 2. The first-order chi connectivity index (χ1) is 13.9. The van der Waals surface area contributed by atoms with Gasteiger partial charge in [-0.05, 0) is 50.3 Å². The molecular formula is C23H26N2O3S. The van der Waals surface area contributed by atoms with Gasteiger partial charge in [0.25, 0.3) is 0 Å². The molecule has 2 heterocycles. The van der Waals surface area contributed by atoms with Crippen LogP contribution in [0.25, 0.3) is 0 Å². The second-order valence-corrected chi connectivity index (χ2v) is 7.94. The Morgan fingerprint density at radius 1 is 1.14 bits per heavy atom. The Labute approximate surface area is 175 Å². The van der Waals surface area contributed by atoms with Crippen molar-refractivity contribution in [3.63, 3.8) is 0 Å². The Morgan fingerprint density at radius 3 is 2.48 bits per heavy atom. The molecular weight excluding hydrogens is 384 g/mol. The maximum atomic E-state index is 13.2. The zero-order valence-electron chi connectivity index (χ0n) is 17.1. The largest absolute Gasteiger partial charge is 0.462 e. The third-order valence-corrected chi connectivity index (χ3v) is 5.87. The van der Waals surface area contributed by atoms with Crippen LogP contribution in [-0.2, 0) is 4.74 Å². The molecule has 0 aliphatic rings. The summed E-state index contributed by atoms with van der Waals surface area (Å²) in [5.74, 6) is -0.488. The van der Waals surface area contributed by atoms with Crippen LogP contribution >= 0.6 is 11.3 Å². The Bertz CT molecular complexity index is 977. The van der Waals surface area contributed by atoms with Gasteiger partial charge in [-0.1, -0.05) is 36.4 Å². The van der Waals surface area contributed by atoms with Crippen molar-refractivity contribution in [3.8, 4) is 0 Å². The standard InChI is InChI=1S/C23H26N2O3S/c1-5-28-23(27)19-14(2)20(24-15(19)3)22(26)16(4)25-21(18-12-9-13-29-18)17-10-7-6-8-11-17/h6-13,16,21,24-25H,5H2,1-4H3/t16-,21-/m0/s1. The van der Waals surface area contributed by atoms with E-state index in [1.165, 1.54) is 0 Å². The molecule has 0 saturated carbocycles. The summed E-state index contributed by atoms with van der Waals surface area (Å²) in [5, 5.41) is 5.50. The third kappa shape index (κ3) is 4.49. The van der Waals surface area contributed by atoms with Gasteiger partial charge in [-0.2, -0.15) is 0 Å². The number of aromatic amines is 1. The number of H-pyrrole nitrogens is 1. The number of hydrogen-bond acceptors (Lipinski definition) is 5. The molecule has 0 saturated heterocycles. The van der Waals surface area contributed by atoms with Crippen molar-refractivity contribution in [2.45, 2.75) is 39.8 Å². The van der Waals surface area contributed by atoms with Gasteiger partial charge in [0.2, 0.25) is 0 Å². The summed E-state index contributed by atoms with van der Waals surface area (Å²) in [6, 6.07) is 13.6. The van der Waals surface area contributed by atoms with Crippen LogP contribution in [0, 0.1) is 13.8 Å². The number of aryl methyl sites for hydroxylation is 1. The predicted molar refractivity (Wildman–Crippen MR) is 116 cm³/mol. The van der Waals surface area contributed by atoms with E-state index in [2.05, 4.69) is 28.5 Å². The van der Waals surface area contributed by atoms with Crippen molar-refractivity contribution in [2.24, 2.45) is 0 Å². The van der Waals surface area contributed by atoms with Crippen LogP contribution in [0.4, 0.5) is 0 Å². The molecule has 5 nitrogen and oxygen atoms in total. The molecule has 1 aromatic carbocycles. The normalized spacial score (nSPS) is 13.1. The molecule has 0 bridgehead atoms. The summed E-state index contributed by atoms with van der Waals surface area (Å²) >= 11 is 1.65. The number of aromatic nitrogens is 1. The fraction of sp³-hybridized carbons (Fsp3) is 0.304. The number of benzene rings is 1. The molecule has 0 spiro atoms. The predicted octanol–water partition coefficient (Wildman–Crippen LogP) is 4.82. The molecule has 29 heavy (non-hydrogen) atoms. The van der Waals surface area contributed by atoms with Crippen molar-refractivity contribution in [1.82, 2.24) is 10.3 Å². The Balaban J connectivity index is 1.86. The van der Waals surface area contributed by atoms with E-state index in [1.54, 1.807) is 32.1 Å². The Kier molecular flexibility index (Phi) is 6.67. The van der Waals surface area contributed by atoms with Gasteiger partial charge in [0.15, 0.2) is 5.78 Å². The van der Waals surface area contributed by atoms with Crippen LogP contribution in [0.2, 0.25) is 0 Å². The maximum Gasteiger partial charge on any atom is 0.340 e.